The van der Waals surface area contributed by atoms with Crippen molar-refractivity contribution in [3.8, 4) is 0 Å². The Balaban J connectivity index is 2.79. The molecule has 0 aromatic carbocycles. The second-order valence-corrected chi connectivity index (χ2v) is 6.08. The van der Waals surface area contributed by atoms with Crippen LogP contribution in [-0.2, 0) is 4.74 Å². The molecule has 0 aromatic heterocycles. The molecule has 0 amide bonds. The van der Waals surface area contributed by atoms with Gasteiger partial charge in [-0.25, -0.2) is 0 Å². The highest BCUT2D eigenvalue weighted by molar-refractivity contribution is 6.43. The summed E-state index contributed by atoms with van der Waals surface area (Å²) in [5.41, 5.74) is 0. The van der Waals surface area contributed by atoms with Crippen molar-refractivity contribution >= 4 is 7.12 Å². The smallest absolute Gasteiger partial charge is 0.427 e. The summed E-state index contributed by atoms with van der Waals surface area (Å²) in [6.45, 7) is 11.8. The van der Waals surface area contributed by atoms with Crippen LogP contribution in [0.1, 0.15) is 34.1 Å². The van der Waals surface area contributed by atoms with Crippen molar-refractivity contribution in [1.29, 1.82) is 0 Å². The lowest BCUT2D eigenvalue weighted by atomic mass is 9.61. The van der Waals surface area contributed by atoms with Gasteiger partial charge in [0.25, 0.3) is 0 Å². The molecule has 0 unspecified atom stereocenters. The Morgan fingerprint density at radius 1 is 1.11 bits per heavy atom. The molecular weight excluding hydrogens is 229 g/mol. The highest BCUT2D eigenvalue weighted by Gasteiger charge is 2.38. The first-order valence-corrected chi connectivity index (χ1v) is 7.11. The Hall–Kier alpha value is -0.0951. The average molecular weight is 257 g/mol. The van der Waals surface area contributed by atoms with Gasteiger partial charge in [0.1, 0.15) is 0 Å². The van der Waals surface area contributed by atoms with Gasteiger partial charge in [-0.05, 0) is 18.3 Å². The summed E-state index contributed by atoms with van der Waals surface area (Å²) in [5, 5.41) is 19.4. The fourth-order valence-electron chi connectivity index (χ4n) is 2.93. The lowest BCUT2D eigenvalue weighted by Gasteiger charge is -2.41. The first-order chi connectivity index (χ1) is 8.43. The zero-order chi connectivity index (χ0) is 13.7. The normalized spacial score (nSPS) is 21.3. The lowest BCUT2D eigenvalue weighted by Crippen LogP contribution is -2.50. The highest BCUT2D eigenvalue weighted by atomic mass is 16.5. The van der Waals surface area contributed by atoms with E-state index in [2.05, 4.69) is 32.6 Å². The van der Waals surface area contributed by atoms with E-state index in [-0.39, 0.29) is 17.8 Å². The van der Waals surface area contributed by atoms with Gasteiger partial charge in [0.05, 0.1) is 13.2 Å². The van der Waals surface area contributed by atoms with Crippen LogP contribution in [-0.4, -0.2) is 54.4 Å². The van der Waals surface area contributed by atoms with Crippen LogP contribution in [0, 0.1) is 11.8 Å². The first-order valence-electron chi connectivity index (χ1n) is 7.11. The average Bonchev–Trinajstić information content (AvgIpc) is 2.27. The summed E-state index contributed by atoms with van der Waals surface area (Å²) in [6.07, 6.45) is 1.00. The van der Waals surface area contributed by atoms with Gasteiger partial charge in [0.15, 0.2) is 0 Å². The third kappa shape index (κ3) is 4.54. The third-order valence-electron chi connectivity index (χ3n) is 3.79. The molecule has 1 aliphatic heterocycles. The highest BCUT2D eigenvalue weighted by Crippen LogP contribution is 2.32. The predicted molar refractivity (Wildman–Crippen MR) is 74.4 cm³/mol. The maximum absolute atomic E-state index is 9.69. The van der Waals surface area contributed by atoms with Crippen LogP contribution in [0.15, 0.2) is 0 Å². The molecule has 1 fully saturated rings. The molecule has 0 aliphatic carbocycles. The van der Waals surface area contributed by atoms with Gasteiger partial charge in [0.2, 0.25) is 0 Å². The van der Waals surface area contributed by atoms with E-state index in [1.165, 1.54) is 0 Å². The molecule has 5 heteroatoms. The van der Waals surface area contributed by atoms with Gasteiger partial charge in [0, 0.05) is 24.9 Å². The molecule has 0 spiro atoms. The van der Waals surface area contributed by atoms with Crippen molar-refractivity contribution in [1.82, 2.24) is 4.90 Å². The molecule has 2 atom stereocenters. The maximum Gasteiger partial charge on any atom is 0.456 e. The molecule has 1 aliphatic rings. The predicted octanol–water partition coefficient (Wildman–Crippen LogP) is 1.23. The Morgan fingerprint density at radius 3 is 2.06 bits per heavy atom. The molecule has 0 radical (unpaired) electrons. The summed E-state index contributed by atoms with van der Waals surface area (Å²) < 4.78 is 5.39. The van der Waals surface area contributed by atoms with E-state index >= 15 is 0 Å². The number of hydrogen-bond acceptors (Lipinski definition) is 4. The molecule has 0 bridgehead atoms. The third-order valence-corrected chi connectivity index (χ3v) is 3.79. The van der Waals surface area contributed by atoms with Crippen molar-refractivity contribution in [2.24, 2.45) is 11.8 Å². The minimum atomic E-state index is -1.24. The topological polar surface area (TPSA) is 52.9 Å². The van der Waals surface area contributed by atoms with Crippen molar-refractivity contribution in [3.63, 3.8) is 0 Å². The van der Waals surface area contributed by atoms with Crippen LogP contribution in [0.4, 0.5) is 0 Å². The van der Waals surface area contributed by atoms with E-state index in [0.29, 0.717) is 5.92 Å². The van der Waals surface area contributed by atoms with Crippen LogP contribution in [0.25, 0.3) is 0 Å². The molecule has 106 valence electrons. The summed E-state index contributed by atoms with van der Waals surface area (Å²) in [7, 11) is -1.24. The van der Waals surface area contributed by atoms with Gasteiger partial charge in [-0.3, -0.25) is 4.90 Å². The van der Waals surface area contributed by atoms with Crippen LogP contribution < -0.4 is 0 Å². The molecule has 2 N–H and O–H groups in total. The van der Waals surface area contributed by atoms with Crippen LogP contribution in [0.2, 0.25) is 5.82 Å². The fourth-order valence-corrected chi connectivity index (χ4v) is 2.93. The van der Waals surface area contributed by atoms with Crippen molar-refractivity contribution in [2.45, 2.75) is 46.0 Å². The monoisotopic (exact) mass is 257 g/mol. The number of morpholine rings is 1. The van der Waals surface area contributed by atoms with E-state index in [0.717, 1.165) is 32.7 Å². The minimum Gasteiger partial charge on any atom is -0.427 e. The molecule has 1 saturated heterocycles. The van der Waals surface area contributed by atoms with E-state index < -0.39 is 7.12 Å². The van der Waals surface area contributed by atoms with Gasteiger partial charge in [-0.15, -0.1) is 0 Å². The quantitative estimate of drug-likeness (QED) is 0.703. The lowest BCUT2D eigenvalue weighted by molar-refractivity contribution is 0.00508. The van der Waals surface area contributed by atoms with Gasteiger partial charge >= 0.3 is 7.12 Å². The molecule has 1 heterocycles. The Morgan fingerprint density at radius 2 is 1.67 bits per heavy atom. The molecule has 4 nitrogen and oxygen atoms in total. The maximum atomic E-state index is 9.69. The van der Waals surface area contributed by atoms with Gasteiger partial charge in [-0.1, -0.05) is 27.7 Å². The van der Waals surface area contributed by atoms with Gasteiger partial charge in [-0.2, -0.15) is 0 Å². The van der Waals surface area contributed by atoms with Gasteiger partial charge < -0.3 is 14.8 Å². The summed E-state index contributed by atoms with van der Waals surface area (Å²) in [5.74, 6) is 0.722. The Bertz CT molecular complexity index is 222. The molecule has 18 heavy (non-hydrogen) atoms. The fraction of sp³-hybridized carbons (Fsp3) is 1.00. The van der Waals surface area contributed by atoms with Crippen molar-refractivity contribution < 1.29 is 14.8 Å². The summed E-state index contributed by atoms with van der Waals surface area (Å²) >= 11 is 0. The standard InChI is InChI=1S/C13H28BNO3/c1-10(2)9-12(13(11(3)4)14(16)17)15-5-7-18-8-6-15/h10-13,16-17H,5-9H2,1-4H3/t12-,13+/m1/s1. The molecule has 0 aromatic rings. The summed E-state index contributed by atoms with van der Waals surface area (Å²) in [6, 6.07) is 0.230. The van der Waals surface area contributed by atoms with Crippen LogP contribution in [0.5, 0.6) is 0 Å². The Kier molecular flexibility index (Phi) is 6.64. The summed E-state index contributed by atoms with van der Waals surface area (Å²) in [4.78, 5) is 2.37. The Labute approximate surface area is 111 Å². The number of rotatable bonds is 6. The SMILES string of the molecule is CC(C)C[C@H]([C@@H](B(O)O)C(C)C)N1CCOCC1. The second kappa shape index (κ2) is 7.48. The van der Waals surface area contributed by atoms with Crippen LogP contribution >= 0.6 is 0 Å². The van der Waals surface area contributed by atoms with E-state index in [1.807, 2.05) is 0 Å². The zero-order valence-electron chi connectivity index (χ0n) is 12.2. The van der Waals surface area contributed by atoms with Crippen molar-refractivity contribution in [3.05, 3.63) is 0 Å². The number of ether oxygens (including phenoxy) is 1. The largest absolute Gasteiger partial charge is 0.456 e. The van der Waals surface area contributed by atoms with Crippen molar-refractivity contribution in [2.75, 3.05) is 26.3 Å². The first kappa shape index (κ1) is 16.0. The zero-order valence-corrected chi connectivity index (χ0v) is 12.2. The molecule has 1 rings (SSSR count). The van der Waals surface area contributed by atoms with Crippen LogP contribution in [0.3, 0.4) is 0 Å². The van der Waals surface area contributed by atoms with E-state index in [1.54, 1.807) is 0 Å². The second-order valence-electron chi connectivity index (χ2n) is 6.08. The molecular formula is C13H28BNO3. The van der Waals surface area contributed by atoms with E-state index in [4.69, 9.17) is 4.74 Å². The number of nitrogens with zero attached hydrogens (tertiary/aromatic N) is 1. The number of hydrogen-bond donors (Lipinski definition) is 2. The molecule has 0 saturated carbocycles. The van der Waals surface area contributed by atoms with E-state index in [9.17, 15) is 10.0 Å². The minimum absolute atomic E-state index is 0.0921.